The van der Waals surface area contributed by atoms with Gasteiger partial charge in [0.25, 0.3) is 0 Å². The summed E-state index contributed by atoms with van der Waals surface area (Å²) in [5.74, 6) is 0.159. The summed E-state index contributed by atoms with van der Waals surface area (Å²) < 4.78 is 23.3. The summed E-state index contributed by atoms with van der Waals surface area (Å²) in [7, 11) is -1.30. The molecule has 0 aliphatic carbocycles. The quantitative estimate of drug-likeness (QED) is 0.820. The second kappa shape index (κ2) is 7.90. The van der Waals surface area contributed by atoms with Crippen molar-refractivity contribution >= 4 is 27.1 Å². The number of nitrogens with one attached hydrogen (secondary N) is 1. The normalized spacial score (nSPS) is 20.0. The lowest BCUT2D eigenvalue weighted by Crippen LogP contribution is -2.43. The van der Waals surface area contributed by atoms with Crippen molar-refractivity contribution in [3.63, 3.8) is 0 Å². The highest BCUT2D eigenvalue weighted by atomic mass is 32.2. The molecule has 2 atom stereocenters. The number of aryl methyl sites for hydroxylation is 1. The monoisotopic (exact) mass is 392 g/mol. The third-order valence-corrected chi connectivity index (χ3v) is 7.53. The second-order valence-electron chi connectivity index (χ2n) is 6.80. The Bertz CT molecular complexity index is 845. The molecule has 0 bridgehead atoms. The van der Waals surface area contributed by atoms with Gasteiger partial charge in [0.05, 0.1) is 24.1 Å². The third kappa shape index (κ3) is 4.52. The summed E-state index contributed by atoms with van der Waals surface area (Å²) in [6.45, 7) is 2.22. The standard InChI is InChI=1S/C19H24N2O3S2/c1-14-5-7-15(8-6-14)19(17-4-3-10-25-17)20-12-18(22)21(2)16-9-11-26(23,24)13-16/h3-8,10,16,19-20H,9,11-13H2,1-2H3/t16-,19-/m1/s1. The molecule has 1 saturated heterocycles. The molecule has 1 amide bonds. The van der Waals surface area contributed by atoms with Gasteiger partial charge in [0, 0.05) is 18.0 Å². The van der Waals surface area contributed by atoms with Crippen molar-refractivity contribution in [2.24, 2.45) is 0 Å². The van der Waals surface area contributed by atoms with Crippen molar-refractivity contribution in [3.8, 4) is 0 Å². The van der Waals surface area contributed by atoms with Gasteiger partial charge >= 0.3 is 0 Å². The summed E-state index contributed by atoms with van der Waals surface area (Å²) in [6, 6.07) is 12.1. The van der Waals surface area contributed by atoms with Crippen LogP contribution in [0.15, 0.2) is 41.8 Å². The van der Waals surface area contributed by atoms with E-state index >= 15 is 0 Å². The van der Waals surface area contributed by atoms with Gasteiger partial charge in [-0.3, -0.25) is 10.1 Å². The molecule has 5 nitrogen and oxygen atoms in total. The van der Waals surface area contributed by atoms with Gasteiger partial charge in [0.2, 0.25) is 5.91 Å². The summed E-state index contributed by atoms with van der Waals surface area (Å²) in [5.41, 5.74) is 2.30. The van der Waals surface area contributed by atoms with Crippen LogP contribution in [0, 0.1) is 6.92 Å². The molecule has 1 aliphatic rings. The maximum atomic E-state index is 12.6. The first-order valence-electron chi connectivity index (χ1n) is 8.65. The topological polar surface area (TPSA) is 66.5 Å². The minimum absolute atomic E-state index is 0.0553. The Labute approximate surface area is 159 Å². The minimum Gasteiger partial charge on any atom is -0.341 e. The van der Waals surface area contributed by atoms with Crippen LogP contribution in [0.3, 0.4) is 0 Å². The first-order chi connectivity index (χ1) is 12.4. The molecule has 1 aromatic heterocycles. The Hall–Kier alpha value is -1.70. The number of thiophene rings is 1. The third-order valence-electron chi connectivity index (χ3n) is 4.85. The molecule has 0 spiro atoms. The van der Waals surface area contributed by atoms with Gasteiger partial charge in [-0.05, 0) is 30.4 Å². The van der Waals surface area contributed by atoms with Gasteiger partial charge in [0.15, 0.2) is 9.84 Å². The minimum atomic E-state index is -3.00. The number of hydrogen-bond acceptors (Lipinski definition) is 5. The van der Waals surface area contributed by atoms with E-state index in [2.05, 4.69) is 35.6 Å². The molecular weight excluding hydrogens is 368 g/mol. The van der Waals surface area contributed by atoms with Crippen LogP contribution in [-0.4, -0.2) is 50.4 Å². The van der Waals surface area contributed by atoms with E-state index in [-0.39, 0.29) is 36.0 Å². The predicted octanol–water partition coefficient (Wildman–Crippen LogP) is 2.38. The Balaban J connectivity index is 1.68. The maximum Gasteiger partial charge on any atom is 0.236 e. The molecule has 0 saturated carbocycles. The lowest BCUT2D eigenvalue weighted by atomic mass is 10.0. The fourth-order valence-corrected chi connectivity index (χ4v) is 5.80. The van der Waals surface area contributed by atoms with Crippen molar-refractivity contribution in [1.82, 2.24) is 10.2 Å². The van der Waals surface area contributed by atoms with Crippen molar-refractivity contribution in [3.05, 3.63) is 57.8 Å². The first kappa shape index (κ1) is 19.1. The van der Waals surface area contributed by atoms with Gasteiger partial charge in [-0.2, -0.15) is 0 Å². The average molecular weight is 393 g/mol. The lowest BCUT2D eigenvalue weighted by Gasteiger charge is -2.25. The van der Waals surface area contributed by atoms with Gasteiger partial charge in [-0.25, -0.2) is 8.42 Å². The van der Waals surface area contributed by atoms with Gasteiger partial charge in [0.1, 0.15) is 0 Å². The fraction of sp³-hybridized carbons (Fsp3) is 0.421. The molecule has 0 radical (unpaired) electrons. The van der Waals surface area contributed by atoms with E-state index < -0.39 is 9.84 Å². The molecule has 1 aliphatic heterocycles. The molecule has 2 aromatic rings. The van der Waals surface area contributed by atoms with Crippen LogP contribution < -0.4 is 5.32 Å². The van der Waals surface area contributed by atoms with Crippen LogP contribution in [0.25, 0.3) is 0 Å². The summed E-state index contributed by atoms with van der Waals surface area (Å²) >= 11 is 1.65. The van der Waals surface area contributed by atoms with E-state index in [0.717, 1.165) is 10.4 Å². The zero-order chi connectivity index (χ0) is 18.7. The largest absolute Gasteiger partial charge is 0.341 e. The molecular formula is C19H24N2O3S2. The zero-order valence-electron chi connectivity index (χ0n) is 15.0. The molecule has 0 unspecified atom stereocenters. The van der Waals surface area contributed by atoms with Crippen molar-refractivity contribution in [2.45, 2.75) is 25.4 Å². The number of carbonyl (C=O) groups is 1. The lowest BCUT2D eigenvalue weighted by molar-refractivity contribution is -0.130. The number of sulfone groups is 1. The first-order valence-corrected chi connectivity index (χ1v) is 11.4. The zero-order valence-corrected chi connectivity index (χ0v) is 16.6. The van der Waals surface area contributed by atoms with E-state index in [4.69, 9.17) is 0 Å². The van der Waals surface area contributed by atoms with Crippen LogP contribution in [-0.2, 0) is 14.6 Å². The molecule has 1 fully saturated rings. The van der Waals surface area contributed by atoms with Crippen LogP contribution in [0.2, 0.25) is 0 Å². The number of amides is 1. The van der Waals surface area contributed by atoms with E-state index in [1.807, 2.05) is 18.4 Å². The van der Waals surface area contributed by atoms with Crippen LogP contribution in [0.5, 0.6) is 0 Å². The van der Waals surface area contributed by atoms with Gasteiger partial charge in [-0.15, -0.1) is 11.3 Å². The summed E-state index contributed by atoms with van der Waals surface area (Å²) in [5, 5.41) is 5.38. The van der Waals surface area contributed by atoms with Gasteiger partial charge in [-0.1, -0.05) is 35.9 Å². The highest BCUT2D eigenvalue weighted by molar-refractivity contribution is 7.91. The molecule has 1 aromatic carbocycles. The predicted molar refractivity (Wildman–Crippen MR) is 105 cm³/mol. The number of likely N-dealkylation sites (N-methyl/N-ethyl adjacent to an activating group) is 1. The fourth-order valence-electron chi connectivity index (χ4n) is 3.20. The highest BCUT2D eigenvalue weighted by Gasteiger charge is 2.32. The maximum absolute atomic E-state index is 12.6. The Morgan fingerprint density at radius 1 is 1.31 bits per heavy atom. The number of carbonyl (C=O) groups excluding carboxylic acids is 1. The van der Waals surface area contributed by atoms with E-state index in [1.54, 1.807) is 23.3 Å². The molecule has 2 heterocycles. The van der Waals surface area contributed by atoms with Crippen molar-refractivity contribution < 1.29 is 13.2 Å². The van der Waals surface area contributed by atoms with Gasteiger partial charge < -0.3 is 4.90 Å². The van der Waals surface area contributed by atoms with Crippen molar-refractivity contribution in [2.75, 3.05) is 25.1 Å². The Morgan fingerprint density at radius 2 is 2.04 bits per heavy atom. The van der Waals surface area contributed by atoms with Crippen LogP contribution >= 0.6 is 11.3 Å². The van der Waals surface area contributed by atoms with Crippen LogP contribution in [0.1, 0.15) is 28.5 Å². The van der Waals surface area contributed by atoms with E-state index in [0.29, 0.717) is 6.42 Å². The second-order valence-corrected chi connectivity index (χ2v) is 10.0. The smallest absolute Gasteiger partial charge is 0.236 e. The van der Waals surface area contributed by atoms with E-state index in [9.17, 15) is 13.2 Å². The SMILES string of the molecule is Cc1ccc([C@@H](NCC(=O)N(C)[C@@H]2CCS(=O)(=O)C2)c2cccs2)cc1. The number of benzene rings is 1. The highest BCUT2D eigenvalue weighted by Crippen LogP contribution is 2.26. The number of rotatable bonds is 6. The summed E-state index contributed by atoms with van der Waals surface area (Å²) in [6.07, 6.45) is 0.525. The average Bonchev–Trinajstić information content (AvgIpc) is 3.25. The van der Waals surface area contributed by atoms with Crippen molar-refractivity contribution in [1.29, 1.82) is 0 Å². The molecule has 7 heteroatoms. The Morgan fingerprint density at radius 3 is 2.62 bits per heavy atom. The number of nitrogens with zero attached hydrogens (tertiary/aromatic N) is 1. The molecule has 3 rings (SSSR count). The number of hydrogen-bond donors (Lipinski definition) is 1. The molecule has 140 valence electrons. The molecule has 26 heavy (non-hydrogen) atoms. The Kier molecular flexibility index (Phi) is 5.79. The van der Waals surface area contributed by atoms with Crippen LogP contribution in [0.4, 0.5) is 0 Å². The van der Waals surface area contributed by atoms with E-state index in [1.165, 1.54) is 5.56 Å². The summed E-state index contributed by atoms with van der Waals surface area (Å²) in [4.78, 5) is 15.3. The molecule has 1 N–H and O–H groups in total.